The fraction of sp³-hybridized carbons (Fsp3) is 0.267. The van der Waals surface area contributed by atoms with Crippen molar-refractivity contribution < 1.29 is 17.7 Å². The average Bonchev–Trinajstić information content (AvgIpc) is 2.89. The first-order valence-electron chi connectivity index (χ1n) is 6.82. The van der Waals surface area contributed by atoms with Crippen molar-refractivity contribution in [2.45, 2.75) is 19.6 Å². The van der Waals surface area contributed by atoms with Gasteiger partial charge in [0.05, 0.1) is 6.54 Å². The Morgan fingerprint density at radius 1 is 1.17 bits per heavy atom. The van der Waals surface area contributed by atoms with Gasteiger partial charge in [-0.15, -0.1) is 0 Å². The van der Waals surface area contributed by atoms with E-state index in [0.717, 1.165) is 11.5 Å². The molecule has 0 amide bonds. The number of alkyl halides is 3. The number of halogens is 3. The molecule has 120 valence electrons. The van der Waals surface area contributed by atoms with E-state index in [9.17, 15) is 13.2 Å². The summed E-state index contributed by atoms with van der Waals surface area (Å²) in [5.41, 5.74) is 0.301. The number of anilines is 1. The summed E-state index contributed by atoms with van der Waals surface area (Å²) in [7, 11) is 1.64. The highest BCUT2D eigenvalue weighted by Crippen LogP contribution is 2.30. The Labute approximate surface area is 129 Å². The lowest BCUT2D eigenvalue weighted by Gasteiger charge is -2.18. The predicted octanol–water partition coefficient (Wildman–Crippen LogP) is 3.58. The van der Waals surface area contributed by atoms with Crippen molar-refractivity contribution in [3.63, 3.8) is 0 Å². The lowest BCUT2D eigenvalue weighted by molar-refractivity contribution is -0.141. The first kappa shape index (κ1) is 15.3. The van der Waals surface area contributed by atoms with Crippen LogP contribution in [0.1, 0.15) is 17.2 Å². The maximum atomic E-state index is 12.9. The van der Waals surface area contributed by atoms with E-state index in [-0.39, 0.29) is 18.2 Å². The van der Waals surface area contributed by atoms with E-state index in [2.05, 4.69) is 15.1 Å². The van der Waals surface area contributed by atoms with E-state index in [1.807, 2.05) is 18.2 Å². The topological polar surface area (TPSA) is 55.1 Å². The standard InChI is InChI=1S/C15H13F3N4O/c1-9-19-13(15(16,17)18)7-14(20-9)22(2)8-11-10-5-3-4-6-12(10)23-21-11/h3-7H,8H2,1-2H3. The van der Waals surface area contributed by atoms with Crippen molar-refractivity contribution in [1.82, 2.24) is 15.1 Å². The summed E-state index contributed by atoms with van der Waals surface area (Å²) in [6, 6.07) is 8.23. The maximum absolute atomic E-state index is 12.9. The van der Waals surface area contributed by atoms with E-state index >= 15 is 0 Å². The number of hydrogen-bond acceptors (Lipinski definition) is 5. The summed E-state index contributed by atoms with van der Waals surface area (Å²) in [6.45, 7) is 1.70. The molecule has 0 aliphatic heterocycles. The Morgan fingerprint density at radius 2 is 1.91 bits per heavy atom. The summed E-state index contributed by atoms with van der Waals surface area (Å²) < 4.78 is 43.8. The Hall–Kier alpha value is -2.64. The van der Waals surface area contributed by atoms with E-state index in [1.165, 1.54) is 6.92 Å². The van der Waals surface area contributed by atoms with Gasteiger partial charge in [0.15, 0.2) is 5.58 Å². The van der Waals surface area contributed by atoms with E-state index in [4.69, 9.17) is 4.52 Å². The minimum atomic E-state index is -4.51. The van der Waals surface area contributed by atoms with Gasteiger partial charge in [0.1, 0.15) is 23.0 Å². The van der Waals surface area contributed by atoms with Gasteiger partial charge in [-0.25, -0.2) is 9.97 Å². The number of aromatic nitrogens is 3. The molecule has 0 N–H and O–H groups in total. The van der Waals surface area contributed by atoms with Crippen LogP contribution in [0.5, 0.6) is 0 Å². The molecule has 0 spiro atoms. The zero-order valence-corrected chi connectivity index (χ0v) is 12.4. The lowest BCUT2D eigenvalue weighted by Crippen LogP contribution is -2.20. The maximum Gasteiger partial charge on any atom is 0.433 e. The summed E-state index contributed by atoms with van der Waals surface area (Å²) in [5, 5.41) is 4.79. The monoisotopic (exact) mass is 322 g/mol. The lowest BCUT2D eigenvalue weighted by atomic mass is 10.2. The number of aryl methyl sites for hydroxylation is 1. The van der Waals surface area contributed by atoms with Crippen LogP contribution in [0.2, 0.25) is 0 Å². The van der Waals surface area contributed by atoms with Gasteiger partial charge in [-0.1, -0.05) is 17.3 Å². The minimum absolute atomic E-state index is 0.0617. The van der Waals surface area contributed by atoms with Crippen LogP contribution in [0, 0.1) is 6.92 Å². The van der Waals surface area contributed by atoms with Gasteiger partial charge in [-0.05, 0) is 19.1 Å². The average molecular weight is 322 g/mol. The highest BCUT2D eigenvalue weighted by Gasteiger charge is 2.33. The van der Waals surface area contributed by atoms with Crippen molar-refractivity contribution in [2.24, 2.45) is 0 Å². The molecule has 0 unspecified atom stereocenters. The number of hydrogen-bond donors (Lipinski definition) is 0. The van der Waals surface area contributed by atoms with Gasteiger partial charge >= 0.3 is 6.18 Å². The zero-order valence-electron chi connectivity index (χ0n) is 12.4. The van der Waals surface area contributed by atoms with Crippen LogP contribution >= 0.6 is 0 Å². The van der Waals surface area contributed by atoms with E-state index in [1.54, 1.807) is 18.0 Å². The normalized spacial score (nSPS) is 11.9. The molecular weight excluding hydrogens is 309 g/mol. The molecule has 8 heteroatoms. The second-order valence-corrected chi connectivity index (χ2v) is 5.14. The molecule has 0 aliphatic rings. The fourth-order valence-electron chi connectivity index (χ4n) is 2.25. The van der Waals surface area contributed by atoms with Crippen LogP contribution in [0.3, 0.4) is 0 Å². The first-order chi connectivity index (χ1) is 10.8. The highest BCUT2D eigenvalue weighted by molar-refractivity contribution is 5.79. The van der Waals surface area contributed by atoms with Crippen LogP contribution in [-0.4, -0.2) is 22.2 Å². The van der Waals surface area contributed by atoms with Crippen molar-refractivity contribution in [3.8, 4) is 0 Å². The van der Waals surface area contributed by atoms with E-state index in [0.29, 0.717) is 11.3 Å². The summed E-state index contributed by atoms with van der Waals surface area (Å²) in [6.07, 6.45) is -4.51. The first-order valence-corrected chi connectivity index (χ1v) is 6.82. The second-order valence-electron chi connectivity index (χ2n) is 5.14. The third-order valence-corrected chi connectivity index (χ3v) is 3.35. The van der Waals surface area contributed by atoms with Crippen LogP contribution in [0.25, 0.3) is 11.0 Å². The fourth-order valence-corrected chi connectivity index (χ4v) is 2.25. The molecule has 0 saturated heterocycles. The van der Waals surface area contributed by atoms with Gasteiger partial charge in [-0.3, -0.25) is 0 Å². The summed E-state index contributed by atoms with van der Waals surface area (Å²) in [4.78, 5) is 9.08. The Bertz CT molecular complexity index is 844. The van der Waals surface area contributed by atoms with Gasteiger partial charge in [0.25, 0.3) is 0 Å². The van der Waals surface area contributed by atoms with Crippen LogP contribution < -0.4 is 4.90 Å². The van der Waals surface area contributed by atoms with Gasteiger partial charge < -0.3 is 9.42 Å². The van der Waals surface area contributed by atoms with Gasteiger partial charge in [0, 0.05) is 18.5 Å². The minimum Gasteiger partial charge on any atom is -0.356 e. The number of fused-ring (bicyclic) bond motifs is 1. The van der Waals surface area contributed by atoms with Gasteiger partial charge in [-0.2, -0.15) is 13.2 Å². The quantitative estimate of drug-likeness (QED) is 0.738. The van der Waals surface area contributed by atoms with Crippen molar-refractivity contribution >= 4 is 16.8 Å². The molecule has 3 aromatic rings. The molecule has 1 aromatic carbocycles. The zero-order chi connectivity index (χ0) is 16.6. The molecule has 23 heavy (non-hydrogen) atoms. The molecule has 0 atom stereocenters. The summed E-state index contributed by atoms with van der Waals surface area (Å²) in [5.74, 6) is 0.239. The Morgan fingerprint density at radius 3 is 2.65 bits per heavy atom. The van der Waals surface area contributed by atoms with Crippen molar-refractivity contribution in [2.75, 3.05) is 11.9 Å². The van der Waals surface area contributed by atoms with Crippen LogP contribution in [0.4, 0.5) is 19.0 Å². The Balaban J connectivity index is 1.91. The molecule has 0 aliphatic carbocycles. The largest absolute Gasteiger partial charge is 0.433 e. The van der Waals surface area contributed by atoms with Crippen LogP contribution in [-0.2, 0) is 12.7 Å². The molecule has 3 rings (SSSR count). The molecule has 2 heterocycles. The molecular formula is C15H13F3N4O. The predicted molar refractivity (Wildman–Crippen MR) is 77.9 cm³/mol. The second kappa shape index (κ2) is 5.53. The van der Waals surface area contributed by atoms with E-state index < -0.39 is 11.9 Å². The smallest absolute Gasteiger partial charge is 0.356 e. The Kier molecular flexibility index (Phi) is 3.67. The molecule has 5 nitrogen and oxygen atoms in total. The SMILES string of the molecule is Cc1nc(N(C)Cc2noc3ccccc23)cc(C(F)(F)F)n1. The number of para-hydroxylation sites is 1. The third-order valence-electron chi connectivity index (χ3n) is 3.35. The molecule has 0 radical (unpaired) electrons. The van der Waals surface area contributed by atoms with Crippen LogP contribution in [0.15, 0.2) is 34.9 Å². The molecule has 0 saturated carbocycles. The number of nitrogens with zero attached hydrogens (tertiary/aromatic N) is 4. The number of rotatable bonds is 3. The highest BCUT2D eigenvalue weighted by atomic mass is 19.4. The van der Waals surface area contributed by atoms with Gasteiger partial charge in [0.2, 0.25) is 0 Å². The molecule has 0 fully saturated rings. The van der Waals surface area contributed by atoms with Crippen molar-refractivity contribution in [3.05, 3.63) is 47.5 Å². The van der Waals surface area contributed by atoms with Crippen molar-refractivity contribution in [1.29, 1.82) is 0 Å². The molecule has 2 aromatic heterocycles. The third kappa shape index (κ3) is 3.10. The molecule has 0 bridgehead atoms. The number of benzene rings is 1. The summed E-state index contributed by atoms with van der Waals surface area (Å²) >= 11 is 0.